The van der Waals surface area contributed by atoms with Crippen LogP contribution < -0.4 is 0 Å². The van der Waals surface area contributed by atoms with Gasteiger partial charge in [0.2, 0.25) is 0 Å². The Labute approximate surface area is 114 Å². The fourth-order valence-corrected chi connectivity index (χ4v) is 1.86. The van der Waals surface area contributed by atoms with E-state index in [-0.39, 0.29) is 13.0 Å². The van der Waals surface area contributed by atoms with E-state index in [1.165, 1.54) is 7.11 Å². The largest absolute Gasteiger partial charge is 0.469 e. The Morgan fingerprint density at radius 3 is 2.50 bits per heavy atom. The first-order chi connectivity index (χ1) is 8.67. The second-order valence-electron chi connectivity index (χ2n) is 3.72. The molecule has 0 spiro atoms. The molecular formula is C13H15BrO4. The molecule has 4 nitrogen and oxygen atoms in total. The Bertz CT molecular complexity index is 391. The number of alkyl halides is 1. The maximum atomic E-state index is 11.6. The van der Waals surface area contributed by atoms with Crippen molar-refractivity contribution in [2.75, 3.05) is 12.4 Å². The third kappa shape index (κ3) is 4.87. The number of carbonyl (C=O) groups is 2. The van der Waals surface area contributed by atoms with Crippen LogP contribution in [0.3, 0.4) is 0 Å². The molecule has 0 amide bonds. The standard InChI is InChI=1S/C13H15BrO4/c1-17-13(16)11(8-14)7-12(15)18-9-10-5-3-2-4-6-10/h2-6,11H,7-9H2,1H3/t11-/m0/s1. The molecule has 0 radical (unpaired) electrons. The molecule has 5 heteroatoms. The molecule has 18 heavy (non-hydrogen) atoms. The SMILES string of the molecule is COC(=O)[C@H](CBr)CC(=O)OCc1ccccc1. The van der Waals surface area contributed by atoms with E-state index in [0.717, 1.165) is 5.56 Å². The van der Waals surface area contributed by atoms with Crippen LogP contribution in [0.2, 0.25) is 0 Å². The Morgan fingerprint density at radius 1 is 1.28 bits per heavy atom. The highest BCUT2D eigenvalue weighted by molar-refractivity contribution is 9.09. The van der Waals surface area contributed by atoms with Crippen molar-refractivity contribution in [3.8, 4) is 0 Å². The minimum atomic E-state index is -0.502. The maximum absolute atomic E-state index is 11.6. The molecule has 0 saturated heterocycles. The Morgan fingerprint density at radius 2 is 1.94 bits per heavy atom. The highest BCUT2D eigenvalue weighted by atomic mass is 79.9. The Kier molecular flexibility index (Phi) is 6.43. The maximum Gasteiger partial charge on any atom is 0.310 e. The van der Waals surface area contributed by atoms with Gasteiger partial charge in [-0.25, -0.2) is 0 Å². The molecule has 1 aromatic carbocycles. The van der Waals surface area contributed by atoms with Crippen LogP contribution in [0.5, 0.6) is 0 Å². The second kappa shape index (κ2) is 7.87. The monoisotopic (exact) mass is 314 g/mol. The number of carbonyl (C=O) groups excluding carboxylic acids is 2. The van der Waals surface area contributed by atoms with E-state index < -0.39 is 17.9 Å². The summed E-state index contributed by atoms with van der Waals surface area (Å²) in [5, 5.41) is 0.375. The molecule has 1 rings (SSSR count). The van der Waals surface area contributed by atoms with Crippen LogP contribution in [-0.2, 0) is 25.7 Å². The predicted molar refractivity (Wildman–Crippen MR) is 70.2 cm³/mol. The second-order valence-corrected chi connectivity index (χ2v) is 4.37. The number of esters is 2. The van der Waals surface area contributed by atoms with E-state index in [4.69, 9.17) is 4.74 Å². The van der Waals surface area contributed by atoms with Crippen LogP contribution >= 0.6 is 15.9 Å². The van der Waals surface area contributed by atoms with E-state index in [0.29, 0.717) is 5.33 Å². The highest BCUT2D eigenvalue weighted by Crippen LogP contribution is 2.11. The molecule has 0 bridgehead atoms. The number of rotatable bonds is 6. The zero-order chi connectivity index (χ0) is 13.4. The summed E-state index contributed by atoms with van der Waals surface area (Å²) in [5.41, 5.74) is 0.916. The van der Waals surface area contributed by atoms with Crippen LogP contribution in [0, 0.1) is 5.92 Å². The summed E-state index contributed by atoms with van der Waals surface area (Å²) < 4.78 is 9.68. The molecule has 0 saturated carbocycles. The lowest BCUT2D eigenvalue weighted by Gasteiger charge is -2.11. The fourth-order valence-electron chi connectivity index (χ4n) is 1.37. The normalized spacial score (nSPS) is 11.7. The third-order valence-electron chi connectivity index (χ3n) is 2.38. The molecule has 0 N–H and O–H groups in total. The zero-order valence-electron chi connectivity index (χ0n) is 10.1. The molecule has 0 heterocycles. The molecule has 0 aromatic heterocycles. The van der Waals surface area contributed by atoms with Gasteiger partial charge in [0, 0.05) is 5.33 Å². The van der Waals surface area contributed by atoms with Crippen LogP contribution in [-0.4, -0.2) is 24.4 Å². The van der Waals surface area contributed by atoms with E-state index in [9.17, 15) is 9.59 Å². The molecule has 0 fully saturated rings. The number of ether oxygens (including phenoxy) is 2. The van der Waals surface area contributed by atoms with Crippen molar-refractivity contribution >= 4 is 27.9 Å². The van der Waals surface area contributed by atoms with Crippen molar-refractivity contribution in [3.63, 3.8) is 0 Å². The first-order valence-corrected chi connectivity index (χ1v) is 6.63. The summed E-state index contributed by atoms with van der Waals surface area (Å²) in [6.07, 6.45) is 0.0186. The number of halogens is 1. The van der Waals surface area contributed by atoms with Crippen molar-refractivity contribution in [1.29, 1.82) is 0 Å². The van der Waals surface area contributed by atoms with Crippen LogP contribution in [0.15, 0.2) is 30.3 Å². The molecule has 0 aliphatic carbocycles. The van der Waals surface area contributed by atoms with Crippen molar-refractivity contribution in [2.24, 2.45) is 5.92 Å². The molecule has 0 aliphatic heterocycles. The summed E-state index contributed by atoms with van der Waals surface area (Å²) in [4.78, 5) is 22.8. The molecule has 0 unspecified atom stereocenters. The zero-order valence-corrected chi connectivity index (χ0v) is 11.7. The van der Waals surface area contributed by atoms with Crippen LogP contribution in [0.4, 0.5) is 0 Å². The quantitative estimate of drug-likeness (QED) is 0.597. The molecule has 98 valence electrons. The average Bonchev–Trinajstić information content (AvgIpc) is 2.42. The van der Waals surface area contributed by atoms with Crippen molar-refractivity contribution in [3.05, 3.63) is 35.9 Å². The number of benzene rings is 1. The van der Waals surface area contributed by atoms with Crippen molar-refractivity contribution < 1.29 is 19.1 Å². The highest BCUT2D eigenvalue weighted by Gasteiger charge is 2.22. The van der Waals surface area contributed by atoms with Crippen molar-refractivity contribution in [1.82, 2.24) is 0 Å². The summed E-state index contributed by atoms with van der Waals surface area (Å²) in [7, 11) is 1.30. The lowest BCUT2D eigenvalue weighted by molar-refractivity contribution is -0.153. The first kappa shape index (κ1) is 14.7. The minimum absolute atomic E-state index is 0.0186. The summed E-state index contributed by atoms with van der Waals surface area (Å²) >= 11 is 3.17. The van der Waals surface area contributed by atoms with Gasteiger partial charge in [-0.3, -0.25) is 9.59 Å². The average molecular weight is 315 g/mol. The summed E-state index contributed by atoms with van der Waals surface area (Å²) in [5.74, 6) is -1.32. The van der Waals surface area contributed by atoms with E-state index in [2.05, 4.69) is 20.7 Å². The number of methoxy groups -OCH3 is 1. The van der Waals surface area contributed by atoms with Crippen LogP contribution in [0.25, 0.3) is 0 Å². The Hall–Kier alpha value is -1.36. The van der Waals surface area contributed by atoms with Gasteiger partial charge in [-0.05, 0) is 5.56 Å². The van der Waals surface area contributed by atoms with Gasteiger partial charge in [0.1, 0.15) is 6.61 Å². The van der Waals surface area contributed by atoms with Crippen molar-refractivity contribution in [2.45, 2.75) is 13.0 Å². The molecule has 1 aromatic rings. The van der Waals surface area contributed by atoms with Gasteiger partial charge in [-0.2, -0.15) is 0 Å². The van der Waals surface area contributed by atoms with Gasteiger partial charge in [0.05, 0.1) is 19.4 Å². The molecular weight excluding hydrogens is 300 g/mol. The summed E-state index contributed by atoms with van der Waals surface area (Å²) in [6, 6.07) is 9.38. The topological polar surface area (TPSA) is 52.6 Å². The first-order valence-electron chi connectivity index (χ1n) is 5.50. The smallest absolute Gasteiger partial charge is 0.310 e. The fraction of sp³-hybridized carbons (Fsp3) is 0.385. The Balaban J connectivity index is 2.39. The third-order valence-corrected chi connectivity index (χ3v) is 3.16. The lowest BCUT2D eigenvalue weighted by atomic mass is 10.1. The van der Waals surface area contributed by atoms with E-state index in [1.54, 1.807) is 0 Å². The van der Waals surface area contributed by atoms with Gasteiger partial charge in [-0.15, -0.1) is 0 Å². The molecule has 0 aliphatic rings. The minimum Gasteiger partial charge on any atom is -0.469 e. The predicted octanol–water partition coefficient (Wildman–Crippen LogP) is 2.30. The van der Waals surface area contributed by atoms with E-state index in [1.807, 2.05) is 30.3 Å². The number of hydrogen-bond donors (Lipinski definition) is 0. The van der Waals surface area contributed by atoms with Gasteiger partial charge < -0.3 is 9.47 Å². The van der Waals surface area contributed by atoms with Gasteiger partial charge in [0.15, 0.2) is 0 Å². The van der Waals surface area contributed by atoms with E-state index >= 15 is 0 Å². The van der Waals surface area contributed by atoms with Crippen LogP contribution in [0.1, 0.15) is 12.0 Å². The van der Waals surface area contributed by atoms with Gasteiger partial charge in [0.25, 0.3) is 0 Å². The van der Waals surface area contributed by atoms with Gasteiger partial charge >= 0.3 is 11.9 Å². The summed E-state index contributed by atoms with van der Waals surface area (Å²) in [6.45, 7) is 0.218. The lowest BCUT2D eigenvalue weighted by Crippen LogP contribution is -2.22. The number of hydrogen-bond acceptors (Lipinski definition) is 4. The molecule has 1 atom stereocenters. The van der Waals surface area contributed by atoms with Gasteiger partial charge in [-0.1, -0.05) is 46.3 Å².